The number of rotatable bonds is 2. The van der Waals surface area contributed by atoms with Gasteiger partial charge in [0, 0.05) is 23.0 Å². The van der Waals surface area contributed by atoms with Crippen LogP contribution in [0.3, 0.4) is 0 Å². The maximum atomic E-state index is 11.9. The first-order valence-electron chi connectivity index (χ1n) is 6.14. The number of methoxy groups -OCH3 is 1. The lowest BCUT2D eigenvalue weighted by molar-refractivity contribution is 0.0601. The molecule has 0 radical (unpaired) electrons. The molecule has 5 nitrogen and oxygen atoms in total. The molecular formula is C15H13NO4. The van der Waals surface area contributed by atoms with Gasteiger partial charge in [-0.25, -0.2) is 4.79 Å². The van der Waals surface area contributed by atoms with Crippen LogP contribution in [0.15, 0.2) is 30.5 Å². The van der Waals surface area contributed by atoms with Crippen LogP contribution in [-0.4, -0.2) is 24.9 Å². The van der Waals surface area contributed by atoms with E-state index in [2.05, 4.69) is 4.98 Å². The van der Waals surface area contributed by atoms with Crippen LogP contribution in [-0.2, 0) is 4.74 Å². The molecule has 0 N–H and O–H groups in total. The number of aromatic nitrogens is 1. The predicted molar refractivity (Wildman–Crippen MR) is 71.9 cm³/mol. The molecule has 0 spiro atoms. The van der Waals surface area contributed by atoms with Crippen molar-refractivity contribution < 1.29 is 19.0 Å². The molecular weight excluding hydrogens is 258 g/mol. The average molecular weight is 271 g/mol. The maximum Gasteiger partial charge on any atom is 0.340 e. The Hall–Kier alpha value is -2.56. The van der Waals surface area contributed by atoms with Gasteiger partial charge in [0.25, 0.3) is 0 Å². The summed E-state index contributed by atoms with van der Waals surface area (Å²) in [6.45, 7) is 2.05. The number of carbonyl (C=O) groups excluding carboxylic acids is 1. The molecule has 2 aromatic rings. The lowest BCUT2D eigenvalue weighted by atomic mass is 9.99. The van der Waals surface area contributed by atoms with E-state index in [9.17, 15) is 4.79 Å². The summed E-state index contributed by atoms with van der Waals surface area (Å²) >= 11 is 0. The Morgan fingerprint density at radius 3 is 2.95 bits per heavy atom. The van der Waals surface area contributed by atoms with Gasteiger partial charge in [0.1, 0.15) is 0 Å². The molecule has 0 aliphatic carbocycles. The van der Waals surface area contributed by atoms with Crippen molar-refractivity contribution in [1.29, 1.82) is 0 Å². The van der Waals surface area contributed by atoms with Crippen LogP contribution in [0.4, 0.5) is 0 Å². The van der Waals surface area contributed by atoms with Crippen molar-refractivity contribution >= 4 is 5.97 Å². The van der Waals surface area contributed by atoms with E-state index >= 15 is 0 Å². The number of esters is 1. The number of benzene rings is 1. The summed E-state index contributed by atoms with van der Waals surface area (Å²) < 4.78 is 15.7. The van der Waals surface area contributed by atoms with Crippen LogP contribution in [0, 0.1) is 6.92 Å². The highest BCUT2D eigenvalue weighted by atomic mass is 16.7. The zero-order chi connectivity index (χ0) is 14.1. The Morgan fingerprint density at radius 2 is 2.15 bits per heavy atom. The molecule has 0 fully saturated rings. The number of fused-ring (bicyclic) bond motifs is 1. The van der Waals surface area contributed by atoms with E-state index in [1.807, 2.05) is 31.2 Å². The summed E-state index contributed by atoms with van der Waals surface area (Å²) in [6, 6.07) is 7.41. The first-order valence-corrected chi connectivity index (χ1v) is 6.14. The van der Waals surface area contributed by atoms with Crippen molar-refractivity contribution in [2.24, 2.45) is 0 Å². The van der Waals surface area contributed by atoms with Crippen LogP contribution in [0.2, 0.25) is 0 Å². The molecule has 0 saturated heterocycles. The summed E-state index contributed by atoms with van der Waals surface area (Å²) in [6.07, 6.45) is 1.52. The standard InChI is InChI=1S/C15H13NO4/c1-9-6-11(12(7-16-9)15(17)18-2)10-4-3-5-13-14(10)20-8-19-13/h3-7H,8H2,1-2H3. The van der Waals surface area contributed by atoms with E-state index in [-0.39, 0.29) is 6.79 Å². The first-order chi connectivity index (χ1) is 9.70. The molecule has 2 heterocycles. The third kappa shape index (κ3) is 1.97. The van der Waals surface area contributed by atoms with E-state index in [0.717, 1.165) is 16.8 Å². The van der Waals surface area contributed by atoms with Crippen LogP contribution >= 0.6 is 0 Å². The Kier molecular flexibility index (Phi) is 3.02. The van der Waals surface area contributed by atoms with Gasteiger partial charge in [0.2, 0.25) is 6.79 Å². The molecule has 1 aromatic heterocycles. The molecule has 1 aliphatic heterocycles. The maximum absolute atomic E-state index is 11.9. The highest BCUT2D eigenvalue weighted by Gasteiger charge is 2.22. The minimum absolute atomic E-state index is 0.184. The second-order valence-electron chi connectivity index (χ2n) is 4.40. The first kappa shape index (κ1) is 12.5. The number of hydrogen-bond donors (Lipinski definition) is 0. The van der Waals surface area contributed by atoms with Gasteiger partial charge in [0.05, 0.1) is 12.7 Å². The summed E-state index contributed by atoms with van der Waals surface area (Å²) in [7, 11) is 1.35. The number of nitrogens with zero attached hydrogens (tertiary/aromatic N) is 1. The molecule has 0 amide bonds. The van der Waals surface area contributed by atoms with Crippen molar-refractivity contribution in [1.82, 2.24) is 4.98 Å². The molecule has 0 unspecified atom stereocenters. The quantitative estimate of drug-likeness (QED) is 0.786. The monoisotopic (exact) mass is 271 g/mol. The minimum atomic E-state index is -0.427. The van der Waals surface area contributed by atoms with Crippen molar-refractivity contribution in [2.75, 3.05) is 13.9 Å². The van der Waals surface area contributed by atoms with Gasteiger partial charge in [-0.1, -0.05) is 12.1 Å². The topological polar surface area (TPSA) is 57.7 Å². The number of aryl methyl sites for hydroxylation is 1. The van der Waals surface area contributed by atoms with Crippen LogP contribution in [0.1, 0.15) is 16.1 Å². The van der Waals surface area contributed by atoms with Gasteiger partial charge >= 0.3 is 5.97 Å². The molecule has 0 bridgehead atoms. The van der Waals surface area contributed by atoms with Gasteiger partial charge in [0.15, 0.2) is 11.5 Å². The highest BCUT2D eigenvalue weighted by molar-refractivity contribution is 5.98. The number of carbonyl (C=O) groups is 1. The Labute approximate surface area is 116 Å². The molecule has 20 heavy (non-hydrogen) atoms. The average Bonchev–Trinajstić information content (AvgIpc) is 2.94. The van der Waals surface area contributed by atoms with E-state index in [1.165, 1.54) is 13.3 Å². The zero-order valence-corrected chi connectivity index (χ0v) is 11.2. The third-order valence-corrected chi connectivity index (χ3v) is 3.13. The fraction of sp³-hybridized carbons (Fsp3) is 0.200. The molecule has 1 aromatic carbocycles. The molecule has 1 aliphatic rings. The lowest BCUT2D eigenvalue weighted by Gasteiger charge is -2.11. The van der Waals surface area contributed by atoms with E-state index < -0.39 is 5.97 Å². The number of ether oxygens (including phenoxy) is 3. The Balaban J connectivity index is 2.22. The van der Waals surface area contributed by atoms with Crippen molar-refractivity contribution in [3.63, 3.8) is 0 Å². The van der Waals surface area contributed by atoms with Gasteiger partial charge in [-0.2, -0.15) is 0 Å². The van der Waals surface area contributed by atoms with Gasteiger partial charge in [-0.3, -0.25) is 4.98 Å². The Bertz CT molecular complexity index is 682. The summed E-state index contributed by atoms with van der Waals surface area (Å²) in [4.78, 5) is 16.0. The normalized spacial score (nSPS) is 12.3. The molecule has 102 valence electrons. The van der Waals surface area contributed by atoms with Crippen molar-refractivity contribution in [2.45, 2.75) is 6.92 Å². The molecule has 0 saturated carbocycles. The van der Waals surface area contributed by atoms with Crippen LogP contribution in [0.5, 0.6) is 11.5 Å². The zero-order valence-electron chi connectivity index (χ0n) is 11.2. The van der Waals surface area contributed by atoms with E-state index in [1.54, 1.807) is 0 Å². The number of para-hydroxylation sites is 1. The van der Waals surface area contributed by atoms with E-state index in [4.69, 9.17) is 14.2 Å². The van der Waals surface area contributed by atoms with Crippen molar-refractivity contribution in [3.8, 4) is 22.6 Å². The summed E-state index contributed by atoms with van der Waals surface area (Å²) in [5.41, 5.74) is 2.74. The highest BCUT2D eigenvalue weighted by Crippen LogP contribution is 2.42. The van der Waals surface area contributed by atoms with E-state index in [0.29, 0.717) is 17.1 Å². The third-order valence-electron chi connectivity index (χ3n) is 3.13. The van der Waals surface area contributed by atoms with Crippen molar-refractivity contribution in [3.05, 3.63) is 41.7 Å². The SMILES string of the molecule is COC(=O)c1cnc(C)cc1-c1cccc2c1OCO2. The second-order valence-corrected chi connectivity index (χ2v) is 4.40. The molecule has 3 rings (SSSR count). The summed E-state index contributed by atoms with van der Waals surface area (Å²) in [5.74, 6) is 0.889. The van der Waals surface area contributed by atoms with Crippen LogP contribution in [0.25, 0.3) is 11.1 Å². The largest absolute Gasteiger partial charge is 0.465 e. The fourth-order valence-corrected chi connectivity index (χ4v) is 2.20. The Morgan fingerprint density at radius 1 is 1.30 bits per heavy atom. The lowest BCUT2D eigenvalue weighted by Crippen LogP contribution is -2.05. The number of pyridine rings is 1. The minimum Gasteiger partial charge on any atom is -0.465 e. The number of hydrogen-bond acceptors (Lipinski definition) is 5. The van der Waals surface area contributed by atoms with Crippen LogP contribution < -0.4 is 9.47 Å². The second kappa shape index (κ2) is 4.85. The smallest absolute Gasteiger partial charge is 0.340 e. The van der Waals surface area contributed by atoms with Gasteiger partial charge in [-0.05, 0) is 19.1 Å². The predicted octanol–water partition coefficient (Wildman–Crippen LogP) is 2.57. The molecule has 0 atom stereocenters. The fourth-order valence-electron chi connectivity index (χ4n) is 2.20. The summed E-state index contributed by atoms with van der Waals surface area (Å²) in [5, 5.41) is 0. The van der Waals surface area contributed by atoms with Gasteiger partial charge in [-0.15, -0.1) is 0 Å². The molecule has 5 heteroatoms. The van der Waals surface area contributed by atoms with Gasteiger partial charge < -0.3 is 14.2 Å².